The summed E-state index contributed by atoms with van der Waals surface area (Å²) in [7, 11) is 0. The first-order chi connectivity index (χ1) is 3.46. The molecule has 72 valence electrons. The molecule has 0 aliphatic heterocycles. The van der Waals surface area contributed by atoms with E-state index in [2.05, 4.69) is 0 Å². The Hall–Kier alpha value is 1.46. The number of carboxylic acids is 2. The van der Waals surface area contributed by atoms with Crippen molar-refractivity contribution in [2.45, 2.75) is 13.8 Å². The minimum atomic E-state index is -1.08. The first-order valence-electron chi connectivity index (χ1n) is 1.82. The van der Waals surface area contributed by atoms with Gasteiger partial charge in [-0.15, -0.1) is 0 Å². The molecule has 7 nitrogen and oxygen atoms in total. The molecule has 0 aliphatic carbocycles. The quantitative estimate of drug-likeness (QED) is 0.378. The van der Waals surface area contributed by atoms with Crippen molar-refractivity contribution in [1.29, 1.82) is 0 Å². The topological polar surface area (TPSA) is 175 Å². The molecule has 9 heteroatoms. The van der Waals surface area contributed by atoms with E-state index in [4.69, 9.17) is 19.8 Å². The van der Waals surface area contributed by atoms with E-state index in [1.165, 1.54) is 0 Å². The van der Waals surface area contributed by atoms with Crippen molar-refractivity contribution < 1.29 is 117 Å². The summed E-state index contributed by atoms with van der Waals surface area (Å²) in [5.74, 6) is -2.17. The zero-order chi connectivity index (χ0) is 7.15. The fourth-order valence-corrected chi connectivity index (χ4v) is 0. The largest absolute Gasteiger partial charge is 1.00 e. The van der Waals surface area contributed by atoms with Crippen LogP contribution < -0.4 is 91.2 Å². The van der Waals surface area contributed by atoms with Crippen LogP contribution in [-0.4, -0.2) is 28.4 Å². The molecule has 0 spiro atoms. The smallest absolute Gasteiger partial charge is 0.550 e. The van der Waals surface area contributed by atoms with Gasteiger partial charge in [-0.2, -0.15) is 0 Å². The number of aliphatic carboxylic acids is 2. The first kappa shape index (κ1) is 47.1. The number of carboxylic acid groups (broad SMARTS) is 2. The molecule has 0 unspecified atom stereocenters. The third kappa shape index (κ3) is 833. The Morgan fingerprint density at radius 2 is 0.846 bits per heavy atom. The number of carbonyl (C=O) groups is 2. The Labute approximate surface area is 141 Å². The van der Waals surface area contributed by atoms with E-state index < -0.39 is 11.9 Å². The van der Waals surface area contributed by atoms with Gasteiger partial charge in [0.2, 0.25) is 0 Å². The summed E-state index contributed by atoms with van der Waals surface area (Å²) >= 11 is 0. The van der Waals surface area contributed by atoms with E-state index in [0.29, 0.717) is 0 Å². The van der Waals surface area contributed by atoms with E-state index in [-0.39, 0.29) is 97.4 Å². The molecule has 0 atom stereocenters. The maximum atomic E-state index is 8.89. The molecule has 0 fully saturated rings. The van der Waals surface area contributed by atoms with Gasteiger partial charge in [-0.3, -0.25) is 0 Å². The van der Waals surface area contributed by atoms with Crippen molar-refractivity contribution in [3.63, 3.8) is 0 Å². The van der Waals surface area contributed by atoms with Gasteiger partial charge in [0.15, 0.2) is 0 Å². The standard InChI is InChI=1S/2C2H4O2.K.Na.3H2O/c2*1-2(3)4;;;;;/h2*1H3,(H,3,4);;;3*1H2/q;;2*+1;;;/p-2. The number of hydrogen-bond acceptors (Lipinski definition) is 4. The van der Waals surface area contributed by atoms with Gasteiger partial charge in [0.25, 0.3) is 0 Å². The van der Waals surface area contributed by atoms with Gasteiger partial charge in [-0.25, -0.2) is 0 Å². The Morgan fingerprint density at radius 3 is 0.846 bits per heavy atom. The fourth-order valence-electron chi connectivity index (χ4n) is 0. The molecule has 0 heterocycles. The van der Waals surface area contributed by atoms with Crippen LogP contribution >= 0.6 is 0 Å². The molecule has 0 saturated heterocycles. The molecule has 0 saturated carbocycles. The molecule has 0 radical (unpaired) electrons. The monoisotopic (exact) mass is 234 g/mol. The zero-order valence-corrected chi connectivity index (χ0v) is 13.3. The fraction of sp³-hybridized carbons (Fsp3) is 0.500. The van der Waals surface area contributed by atoms with Crippen LogP contribution in [0.3, 0.4) is 0 Å². The second-order valence-corrected chi connectivity index (χ2v) is 0.983. The van der Waals surface area contributed by atoms with Crippen LogP contribution in [0.2, 0.25) is 0 Å². The van der Waals surface area contributed by atoms with Crippen molar-refractivity contribution in [2.24, 2.45) is 0 Å². The SMILES string of the molecule is CC(=O)[O-].CC(=O)[O-].O.O.O.[K+].[Na+]. The van der Waals surface area contributed by atoms with Gasteiger partial charge in [0, 0.05) is 11.9 Å². The summed E-state index contributed by atoms with van der Waals surface area (Å²) in [5.41, 5.74) is 0. The van der Waals surface area contributed by atoms with Gasteiger partial charge < -0.3 is 36.2 Å². The van der Waals surface area contributed by atoms with Crippen LogP contribution in [0.4, 0.5) is 0 Å². The van der Waals surface area contributed by atoms with E-state index in [0.717, 1.165) is 13.8 Å². The molecule has 6 N–H and O–H groups in total. The molecule has 0 aromatic heterocycles. The average molecular weight is 234 g/mol. The number of carbonyl (C=O) groups excluding carboxylic acids is 2. The minimum absolute atomic E-state index is 0. The summed E-state index contributed by atoms with van der Waals surface area (Å²) in [6, 6.07) is 0. The second-order valence-electron chi connectivity index (χ2n) is 0.983. The summed E-state index contributed by atoms with van der Waals surface area (Å²) in [6.07, 6.45) is 0. The first-order valence-corrected chi connectivity index (χ1v) is 1.82. The molecule has 0 bridgehead atoms. The van der Waals surface area contributed by atoms with E-state index in [9.17, 15) is 0 Å². The minimum Gasteiger partial charge on any atom is -0.550 e. The Balaban J connectivity index is -0.00000000800. The third-order valence-electron chi connectivity index (χ3n) is 0. The van der Waals surface area contributed by atoms with E-state index in [1.54, 1.807) is 0 Å². The van der Waals surface area contributed by atoms with Crippen molar-refractivity contribution in [3.05, 3.63) is 0 Å². The molecule has 0 rings (SSSR count). The van der Waals surface area contributed by atoms with Gasteiger partial charge in [0.1, 0.15) is 0 Å². The summed E-state index contributed by atoms with van der Waals surface area (Å²) < 4.78 is 0. The van der Waals surface area contributed by atoms with Crippen molar-refractivity contribution in [3.8, 4) is 0 Å². The second kappa shape index (κ2) is 37.6. The van der Waals surface area contributed by atoms with Crippen LogP contribution in [0.5, 0.6) is 0 Å². The van der Waals surface area contributed by atoms with E-state index >= 15 is 0 Å². The van der Waals surface area contributed by atoms with Crippen molar-refractivity contribution in [1.82, 2.24) is 0 Å². The molecule has 0 aromatic carbocycles. The van der Waals surface area contributed by atoms with Crippen molar-refractivity contribution in [2.75, 3.05) is 0 Å². The summed E-state index contributed by atoms with van der Waals surface area (Å²) in [4.78, 5) is 17.8. The number of hydrogen-bond donors (Lipinski definition) is 0. The maximum absolute atomic E-state index is 8.89. The van der Waals surface area contributed by atoms with E-state index in [1.807, 2.05) is 0 Å². The Kier molecular flexibility index (Phi) is 136. The van der Waals surface area contributed by atoms with Gasteiger partial charge in [-0.05, 0) is 13.8 Å². The van der Waals surface area contributed by atoms with Gasteiger partial charge in [0.05, 0.1) is 0 Å². The average Bonchev–Trinajstić information content (AvgIpc) is 1.25. The summed E-state index contributed by atoms with van der Waals surface area (Å²) in [6.45, 7) is 1.94. The summed E-state index contributed by atoms with van der Waals surface area (Å²) in [5, 5.41) is 17.8. The maximum Gasteiger partial charge on any atom is 1.00 e. The molecule has 0 aliphatic rings. The van der Waals surface area contributed by atoms with Gasteiger partial charge in [-0.1, -0.05) is 0 Å². The predicted octanol–water partition coefficient (Wildman–Crippen LogP) is -11.0. The van der Waals surface area contributed by atoms with Gasteiger partial charge >= 0.3 is 80.9 Å². The van der Waals surface area contributed by atoms with Crippen LogP contribution in [0.15, 0.2) is 0 Å². The predicted molar refractivity (Wildman–Crippen MR) is 32.2 cm³/mol. The zero-order valence-electron chi connectivity index (χ0n) is 8.13. The molecular weight excluding hydrogens is 222 g/mol. The Morgan fingerprint density at radius 1 is 0.846 bits per heavy atom. The molecule has 0 amide bonds. The van der Waals surface area contributed by atoms with Crippen LogP contribution in [0, 0.1) is 0 Å². The number of rotatable bonds is 0. The van der Waals surface area contributed by atoms with Crippen LogP contribution in [0.1, 0.15) is 13.8 Å². The molecule has 13 heavy (non-hydrogen) atoms. The normalized spacial score (nSPS) is 3.85. The molecule has 0 aromatic rings. The third-order valence-corrected chi connectivity index (χ3v) is 0. The van der Waals surface area contributed by atoms with Crippen LogP contribution in [0.25, 0.3) is 0 Å². The van der Waals surface area contributed by atoms with Crippen molar-refractivity contribution >= 4 is 11.9 Å². The molecular formula is C4H12KNaO7. The van der Waals surface area contributed by atoms with Crippen LogP contribution in [-0.2, 0) is 9.59 Å². The Bertz CT molecular complexity index is 78.5.